The van der Waals surface area contributed by atoms with Crippen LogP contribution in [0.3, 0.4) is 0 Å². The number of aromatic nitrogens is 2. The number of hydrogen-bond acceptors (Lipinski definition) is 5. The van der Waals surface area contributed by atoms with E-state index in [1.807, 2.05) is 66.4 Å². The van der Waals surface area contributed by atoms with Crippen molar-refractivity contribution in [3.05, 3.63) is 118 Å². The maximum absolute atomic E-state index is 13.5. The van der Waals surface area contributed by atoms with E-state index in [-0.39, 0.29) is 5.91 Å². The molecular formula is C33H31N3O2S. The number of carbonyl (C=O) groups excluding carboxylic acids is 1. The van der Waals surface area contributed by atoms with Gasteiger partial charge in [0.15, 0.2) is 0 Å². The zero-order valence-corrected chi connectivity index (χ0v) is 22.9. The minimum absolute atomic E-state index is 0.143. The van der Waals surface area contributed by atoms with Crippen LogP contribution in [0.25, 0.3) is 22.5 Å². The van der Waals surface area contributed by atoms with Gasteiger partial charge in [-0.05, 0) is 49.8 Å². The molecule has 196 valence electrons. The van der Waals surface area contributed by atoms with E-state index < -0.39 is 0 Å². The Kier molecular flexibility index (Phi) is 7.37. The predicted octanol–water partition coefficient (Wildman–Crippen LogP) is 7.58. The van der Waals surface area contributed by atoms with Gasteiger partial charge < -0.3 is 9.42 Å². The molecule has 0 aliphatic carbocycles. The van der Waals surface area contributed by atoms with Gasteiger partial charge in [-0.1, -0.05) is 84.0 Å². The van der Waals surface area contributed by atoms with Gasteiger partial charge in [-0.15, -0.1) is 11.3 Å². The first-order valence-corrected chi connectivity index (χ1v) is 14.4. The largest absolute Gasteiger partial charge is 0.360 e. The zero-order chi connectivity index (χ0) is 26.6. The lowest BCUT2D eigenvalue weighted by Crippen LogP contribution is -2.38. The molecule has 0 spiro atoms. The van der Waals surface area contributed by atoms with Crippen LogP contribution < -0.4 is 0 Å². The van der Waals surface area contributed by atoms with E-state index in [0.717, 1.165) is 83.2 Å². The molecular weight excluding hydrogens is 502 g/mol. The van der Waals surface area contributed by atoms with Crippen LogP contribution in [0.4, 0.5) is 0 Å². The molecule has 3 aromatic carbocycles. The van der Waals surface area contributed by atoms with E-state index in [9.17, 15) is 4.79 Å². The van der Waals surface area contributed by atoms with Gasteiger partial charge >= 0.3 is 0 Å². The third-order valence-electron chi connectivity index (χ3n) is 7.59. The first-order valence-electron chi connectivity index (χ1n) is 13.6. The van der Waals surface area contributed by atoms with Crippen molar-refractivity contribution in [1.29, 1.82) is 0 Å². The van der Waals surface area contributed by atoms with Crippen LogP contribution in [-0.4, -0.2) is 34.0 Å². The summed E-state index contributed by atoms with van der Waals surface area (Å²) in [4.78, 5) is 20.6. The van der Waals surface area contributed by atoms with Crippen LogP contribution in [0.5, 0.6) is 0 Å². The van der Waals surface area contributed by atoms with E-state index in [0.29, 0.717) is 5.92 Å². The third kappa shape index (κ3) is 5.43. The molecule has 39 heavy (non-hydrogen) atoms. The number of benzene rings is 3. The summed E-state index contributed by atoms with van der Waals surface area (Å²) in [5.74, 6) is 1.27. The second kappa shape index (κ2) is 11.4. The van der Waals surface area contributed by atoms with Crippen molar-refractivity contribution in [3.63, 3.8) is 0 Å². The molecule has 0 saturated carbocycles. The van der Waals surface area contributed by atoms with Gasteiger partial charge in [0.05, 0.1) is 16.3 Å². The Bertz CT molecular complexity index is 1550. The first-order chi connectivity index (χ1) is 19.2. The van der Waals surface area contributed by atoms with Crippen LogP contribution in [0.1, 0.15) is 51.0 Å². The number of nitrogens with zero attached hydrogens (tertiary/aromatic N) is 3. The van der Waals surface area contributed by atoms with Crippen LogP contribution >= 0.6 is 11.3 Å². The summed E-state index contributed by atoms with van der Waals surface area (Å²) in [7, 11) is 0. The van der Waals surface area contributed by atoms with Crippen molar-refractivity contribution in [2.45, 2.75) is 38.5 Å². The Labute approximate surface area is 233 Å². The lowest BCUT2D eigenvalue weighted by molar-refractivity contribution is 0.0712. The van der Waals surface area contributed by atoms with Crippen molar-refractivity contribution in [1.82, 2.24) is 15.0 Å². The Hall–Kier alpha value is -4.03. The summed E-state index contributed by atoms with van der Waals surface area (Å²) < 4.78 is 5.56. The van der Waals surface area contributed by atoms with Crippen LogP contribution in [0.2, 0.25) is 0 Å². The minimum atomic E-state index is 0.143. The Morgan fingerprint density at radius 2 is 1.62 bits per heavy atom. The number of amides is 1. The summed E-state index contributed by atoms with van der Waals surface area (Å²) in [6, 6.07) is 28.6. The highest BCUT2D eigenvalue weighted by Crippen LogP contribution is 2.38. The molecule has 1 aliphatic rings. The van der Waals surface area contributed by atoms with Crippen molar-refractivity contribution in [2.75, 3.05) is 13.1 Å². The highest BCUT2D eigenvalue weighted by Gasteiger charge is 2.28. The first kappa shape index (κ1) is 25.3. The fourth-order valence-electron chi connectivity index (χ4n) is 5.43. The number of likely N-dealkylation sites (tertiary alicyclic amines) is 1. The molecule has 6 heteroatoms. The van der Waals surface area contributed by atoms with Crippen molar-refractivity contribution < 1.29 is 9.32 Å². The highest BCUT2D eigenvalue weighted by molar-refractivity contribution is 7.10. The second-order valence-corrected chi connectivity index (χ2v) is 11.0. The summed E-state index contributed by atoms with van der Waals surface area (Å²) in [5, 5.41) is 7.56. The maximum Gasteiger partial charge on any atom is 0.254 e. The molecule has 1 saturated heterocycles. The molecule has 0 bridgehead atoms. The molecule has 1 aliphatic heterocycles. The van der Waals surface area contributed by atoms with Crippen LogP contribution in [0.15, 0.2) is 94.8 Å². The Morgan fingerprint density at radius 1 is 0.923 bits per heavy atom. The smallest absolute Gasteiger partial charge is 0.254 e. The summed E-state index contributed by atoms with van der Waals surface area (Å²) in [6.07, 6.45) is 3.62. The fourth-order valence-corrected chi connectivity index (χ4v) is 6.41. The van der Waals surface area contributed by atoms with E-state index in [1.54, 1.807) is 11.3 Å². The standard InChI is InChI=1S/C33H31N3O2S/c1-23-30(31(35-38-23)26-13-6-3-7-14-26)29-22-39-32(34-29)27-18-20-36(21-19-27)33(37)28-15-9-8-12-25(28)17-16-24-10-4-2-5-11-24/h2-15,22,27H,16-21H2,1H3. The van der Waals surface area contributed by atoms with Crippen molar-refractivity contribution in [3.8, 4) is 22.5 Å². The molecule has 5 aromatic rings. The number of carbonyl (C=O) groups is 1. The van der Waals surface area contributed by atoms with E-state index >= 15 is 0 Å². The van der Waals surface area contributed by atoms with E-state index in [1.165, 1.54) is 5.56 Å². The number of piperidine rings is 1. The molecule has 1 amide bonds. The highest BCUT2D eigenvalue weighted by atomic mass is 32.1. The van der Waals surface area contributed by atoms with Gasteiger partial charge in [0.2, 0.25) is 0 Å². The molecule has 0 atom stereocenters. The normalized spacial score (nSPS) is 14.0. The molecule has 6 rings (SSSR count). The average Bonchev–Trinajstić information content (AvgIpc) is 3.64. The minimum Gasteiger partial charge on any atom is -0.360 e. The van der Waals surface area contributed by atoms with Gasteiger partial charge in [-0.25, -0.2) is 4.98 Å². The lowest BCUT2D eigenvalue weighted by atomic mass is 9.95. The number of hydrogen-bond donors (Lipinski definition) is 0. The third-order valence-corrected chi connectivity index (χ3v) is 8.60. The Balaban J connectivity index is 1.12. The zero-order valence-electron chi connectivity index (χ0n) is 22.0. The van der Waals surface area contributed by atoms with Gasteiger partial charge in [-0.3, -0.25) is 4.79 Å². The van der Waals surface area contributed by atoms with Gasteiger partial charge in [0, 0.05) is 35.5 Å². The quantitative estimate of drug-likeness (QED) is 0.216. The van der Waals surface area contributed by atoms with Gasteiger partial charge in [0.1, 0.15) is 11.5 Å². The molecule has 1 fully saturated rings. The number of aryl methyl sites for hydroxylation is 3. The maximum atomic E-state index is 13.5. The topological polar surface area (TPSA) is 59.2 Å². The van der Waals surface area contributed by atoms with Gasteiger partial charge in [0.25, 0.3) is 5.91 Å². The second-order valence-electron chi connectivity index (χ2n) is 10.1. The van der Waals surface area contributed by atoms with Crippen molar-refractivity contribution >= 4 is 17.2 Å². The summed E-state index contributed by atoms with van der Waals surface area (Å²) in [6.45, 7) is 3.43. The Morgan fingerprint density at radius 3 is 2.38 bits per heavy atom. The molecule has 5 nitrogen and oxygen atoms in total. The molecule has 0 unspecified atom stereocenters. The number of thiazole rings is 1. The SMILES string of the molecule is Cc1onc(-c2ccccc2)c1-c1csc(C2CCN(C(=O)c3ccccc3CCc3ccccc3)CC2)n1. The van der Waals surface area contributed by atoms with Crippen LogP contribution in [0, 0.1) is 6.92 Å². The molecule has 3 heterocycles. The summed E-state index contributed by atoms with van der Waals surface area (Å²) >= 11 is 1.70. The van der Waals surface area contributed by atoms with E-state index in [2.05, 4.69) is 40.9 Å². The lowest BCUT2D eigenvalue weighted by Gasteiger charge is -2.31. The molecule has 0 radical (unpaired) electrons. The van der Waals surface area contributed by atoms with E-state index in [4.69, 9.17) is 9.51 Å². The fraction of sp³-hybridized carbons (Fsp3) is 0.242. The van der Waals surface area contributed by atoms with Crippen LogP contribution in [-0.2, 0) is 12.8 Å². The van der Waals surface area contributed by atoms with Gasteiger partial charge in [-0.2, -0.15) is 0 Å². The van der Waals surface area contributed by atoms with Crippen molar-refractivity contribution in [2.24, 2.45) is 0 Å². The molecule has 0 N–H and O–H groups in total. The average molecular weight is 534 g/mol. The summed E-state index contributed by atoms with van der Waals surface area (Å²) in [5.41, 5.74) is 6.98. The molecule has 2 aromatic heterocycles. The number of rotatable bonds is 7. The monoisotopic (exact) mass is 533 g/mol. The predicted molar refractivity (Wildman–Crippen MR) is 156 cm³/mol.